The van der Waals surface area contributed by atoms with Crippen molar-refractivity contribution in [3.63, 3.8) is 0 Å². The molecule has 1 aliphatic carbocycles. The summed E-state index contributed by atoms with van der Waals surface area (Å²) in [5.41, 5.74) is 1.43. The van der Waals surface area contributed by atoms with E-state index in [0.717, 1.165) is 57.4 Å². The lowest BCUT2D eigenvalue weighted by Gasteiger charge is -2.37. The average molecular weight is 386 g/mol. The quantitative estimate of drug-likeness (QED) is 0.818. The molecule has 1 aromatic rings. The minimum atomic E-state index is 0.0427. The van der Waals surface area contributed by atoms with Gasteiger partial charge in [0.05, 0.1) is 6.04 Å². The molecule has 28 heavy (non-hydrogen) atoms. The van der Waals surface area contributed by atoms with E-state index in [1.54, 1.807) is 12.1 Å². The number of carbonyl (C=O) groups excluding carboxylic acids is 1. The Morgan fingerprint density at radius 1 is 1.21 bits per heavy atom. The molecule has 1 N–H and O–H groups in total. The molecular formula is C23H35N3O2. The van der Waals surface area contributed by atoms with Crippen molar-refractivity contribution < 1.29 is 9.90 Å². The zero-order valence-electron chi connectivity index (χ0n) is 17.4. The molecule has 0 unspecified atom stereocenters. The van der Waals surface area contributed by atoms with Crippen LogP contribution in [-0.4, -0.2) is 71.0 Å². The van der Waals surface area contributed by atoms with Crippen LogP contribution < -0.4 is 0 Å². The molecule has 2 saturated heterocycles. The number of rotatable bonds is 6. The number of hydrogen-bond acceptors (Lipinski definition) is 4. The summed E-state index contributed by atoms with van der Waals surface area (Å²) in [5.74, 6) is 0.613. The molecule has 1 atom stereocenters. The Bertz CT molecular complexity index is 678. The fraction of sp³-hybridized carbons (Fsp3) is 0.696. The molecular weight excluding hydrogens is 350 g/mol. The predicted molar refractivity (Wildman–Crippen MR) is 111 cm³/mol. The zero-order chi connectivity index (χ0) is 19.7. The Labute approximate surface area is 169 Å². The number of piperidine rings is 1. The molecule has 1 saturated carbocycles. The Morgan fingerprint density at radius 3 is 2.50 bits per heavy atom. The van der Waals surface area contributed by atoms with Gasteiger partial charge in [0.15, 0.2) is 0 Å². The number of aromatic hydroxyl groups is 1. The molecule has 2 aliphatic heterocycles. The lowest BCUT2D eigenvalue weighted by atomic mass is 9.76. The highest BCUT2D eigenvalue weighted by molar-refractivity contribution is 5.83. The van der Waals surface area contributed by atoms with Gasteiger partial charge in [-0.25, -0.2) is 0 Å². The molecule has 1 spiro atoms. The highest BCUT2D eigenvalue weighted by atomic mass is 16.3. The van der Waals surface area contributed by atoms with Crippen molar-refractivity contribution in [1.82, 2.24) is 14.7 Å². The van der Waals surface area contributed by atoms with Crippen LogP contribution in [0, 0.1) is 5.41 Å². The summed E-state index contributed by atoms with van der Waals surface area (Å²) in [6.07, 6.45) is 6.81. The third-order valence-electron chi connectivity index (χ3n) is 7.01. The van der Waals surface area contributed by atoms with Gasteiger partial charge in [-0.15, -0.1) is 0 Å². The predicted octanol–water partition coefficient (Wildman–Crippen LogP) is 3.08. The Hall–Kier alpha value is -1.59. The molecule has 3 fully saturated rings. The second kappa shape index (κ2) is 8.03. The van der Waals surface area contributed by atoms with Crippen LogP contribution in [0.5, 0.6) is 5.75 Å². The third kappa shape index (κ3) is 4.20. The second-order valence-electron chi connectivity index (χ2n) is 9.36. The van der Waals surface area contributed by atoms with Gasteiger partial charge in [-0.3, -0.25) is 9.69 Å². The maximum absolute atomic E-state index is 13.7. The normalized spacial score (nSPS) is 25.3. The number of phenols is 1. The number of phenolic OH excluding ortho intramolecular Hbond substituents is 1. The van der Waals surface area contributed by atoms with Crippen LogP contribution in [0.3, 0.4) is 0 Å². The van der Waals surface area contributed by atoms with Gasteiger partial charge in [0.25, 0.3) is 0 Å². The molecule has 1 amide bonds. The molecule has 1 aromatic carbocycles. The van der Waals surface area contributed by atoms with Gasteiger partial charge < -0.3 is 14.9 Å². The van der Waals surface area contributed by atoms with Gasteiger partial charge in [0.2, 0.25) is 5.91 Å². The molecule has 0 radical (unpaired) electrons. The molecule has 5 heteroatoms. The molecule has 5 nitrogen and oxygen atoms in total. The Kier molecular flexibility index (Phi) is 5.66. The summed E-state index contributed by atoms with van der Waals surface area (Å²) in [5, 5.41) is 9.56. The maximum atomic E-state index is 13.7. The van der Waals surface area contributed by atoms with Crippen molar-refractivity contribution in [3.8, 4) is 5.75 Å². The third-order valence-corrected chi connectivity index (χ3v) is 7.01. The number of benzene rings is 1. The monoisotopic (exact) mass is 385 g/mol. The Morgan fingerprint density at radius 2 is 1.89 bits per heavy atom. The standard InChI is InChI=1S/C23H35N3O2/c1-3-12-25-17-23(10-13-24(2)14-11-23)15-21(25)22(28)26(19-6-7-19)16-18-4-8-20(27)9-5-18/h4-5,8-9,19,21,27H,3,6-7,10-17H2,1-2H3/t21-/m1/s1. The van der Waals surface area contributed by atoms with Gasteiger partial charge in [-0.1, -0.05) is 19.1 Å². The number of carbonyl (C=O) groups is 1. The van der Waals surface area contributed by atoms with E-state index >= 15 is 0 Å². The van der Waals surface area contributed by atoms with E-state index in [-0.39, 0.29) is 11.8 Å². The van der Waals surface area contributed by atoms with Crippen LogP contribution in [0.25, 0.3) is 0 Å². The highest BCUT2D eigenvalue weighted by Crippen LogP contribution is 2.44. The van der Waals surface area contributed by atoms with Gasteiger partial charge in [0, 0.05) is 19.1 Å². The van der Waals surface area contributed by atoms with Crippen molar-refractivity contribution in [2.24, 2.45) is 5.41 Å². The van der Waals surface area contributed by atoms with E-state index in [2.05, 4.69) is 28.7 Å². The van der Waals surface area contributed by atoms with Crippen LogP contribution >= 0.6 is 0 Å². The number of likely N-dealkylation sites (tertiary alicyclic amines) is 2. The van der Waals surface area contributed by atoms with E-state index in [0.29, 0.717) is 23.9 Å². The summed E-state index contributed by atoms with van der Waals surface area (Å²) in [6.45, 7) is 7.29. The average Bonchev–Trinajstić information content (AvgIpc) is 3.47. The lowest BCUT2D eigenvalue weighted by molar-refractivity contribution is -0.137. The number of amides is 1. The van der Waals surface area contributed by atoms with Crippen LogP contribution in [0.15, 0.2) is 24.3 Å². The van der Waals surface area contributed by atoms with Gasteiger partial charge in [-0.05, 0) is 88.3 Å². The van der Waals surface area contributed by atoms with E-state index in [1.165, 1.54) is 12.8 Å². The first-order valence-electron chi connectivity index (χ1n) is 11.0. The van der Waals surface area contributed by atoms with E-state index in [9.17, 15) is 9.90 Å². The maximum Gasteiger partial charge on any atom is 0.240 e. The first-order valence-corrected chi connectivity index (χ1v) is 11.0. The van der Waals surface area contributed by atoms with Crippen molar-refractivity contribution in [2.75, 3.05) is 33.2 Å². The fourth-order valence-electron chi connectivity index (χ4n) is 5.13. The van der Waals surface area contributed by atoms with E-state index in [4.69, 9.17) is 0 Å². The molecule has 0 bridgehead atoms. The lowest BCUT2D eigenvalue weighted by Crippen LogP contribution is -2.46. The van der Waals surface area contributed by atoms with Crippen LogP contribution in [0.2, 0.25) is 0 Å². The van der Waals surface area contributed by atoms with E-state index in [1.807, 2.05) is 12.1 Å². The first kappa shape index (κ1) is 19.7. The SMILES string of the molecule is CCCN1CC2(CCN(C)CC2)C[C@@H]1C(=O)N(Cc1ccc(O)cc1)C1CC1. The number of nitrogens with zero attached hydrogens (tertiary/aromatic N) is 3. The largest absolute Gasteiger partial charge is 0.508 e. The highest BCUT2D eigenvalue weighted by Gasteiger charge is 2.49. The Balaban J connectivity index is 1.50. The molecule has 2 heterocycles. The van der Waals surface area contributed by atoms with Crippen molar-refractivity contribution in [2.45, 2.75) is 64.1 Å². The van der Waals surface area contributed by atoms with Crippen molar-refractivity contribution in [1.29, 1.82) is 0 Å². The van der Waals surface area contributed by atoms with Gasteiger partial charge in [0.1, 0.15) is 5.75 Å². The van der Waals surface area contributed by atoms with Crippen LogP contribution in [0.4, 0.5) is 0 Å². The van der Waals surface area contributed by atoms with Crippen molar-refractivity contribution in [3.05, 3.63) is 29.8 Å². The van der Waals surface area contributed by atoms with E-state index < -0.39 is 0 Å². The second-order valence-corrected chi connectivity index (χ2v) is 9.36. The fourth-order valence-corrected chi connectivity index (χ4v) is 5.13. The molecule has 3 aliphatic rings. The zero-order valence-corrected chi connectivity index (χ0v) is 17.4. The minimum Gasteiger partial charge on any atom is -0.508 e. The van der Waals surface area contributed by atoms with Gasteiger partial charge >= 0.3 is 0 Å². The number of hydrogen-bond donors (Lipinski definition) is 1. The van der Waals surface area contributed by atoms with Crippen LogP contribution in [-0.2, 0) is 11.3 Å². The molecule has 0 aromatic heterocycles. The van der Waals surface area contributed by atoms with Crippen molar-refractivity contribution >= 4 is 5.91 Å². The molecule has 154 valence electrons. The minimum absolute atomic E-state index is 0.0427. The summed E-state index contributed by atoms with van der Waals surface area (Å²) < 4.78 is 0. The van der Waals surface area contributed by atoms with Crippen LogP contribution in [0.1, 0.15) is 51.0 Å². The topological polar surface area (TPSA) is 47.0 Å². The molecule has 4 rings (SSSR count). The first-order chi connectivity index (χ1) is 13.5. The summed E-state index contributed by atoms with van der Waals surface area (Å²) in [6, 6.07) is 7.76. The smallest absolute Gasteiger partial charge is 0.240 e. The van der Waals surface area contributed by atoms with Gasteiger partial charge in [-0.2, -0.15) is 0 Å². The summed E-state index contributed by atoms with van der Waals surface area (Å²) >= 11 is 0. The summed E-state index contributed by atoms with van der Waals surface area (Å²) in [4.78, 5) is 20.7. The summed E-state index contributed by atoms with van der Waals surface area (Å²) in [7, 11) is 2.21.